The molecule has 0 saturated heterocycles. The van der Waals surface area contributed by atoms with Crippen LogP contribution in [0.15, 0.2) is 84.9 Å². The first kappa shape index (κ1) is 22.4. The molecule has 0 aliphatic heterocycles. The summed E-state index contributed by atoms with van der Waals surface area (Å²) in [6.45, 7) is 1.92. The van der Waals surface area contributed by atoms with Crippen molar-refractivity contribution in [1.82, 2.24) is 9.97 Å². The van der Waals surface area contributed by atoms with E-state index < -0.39 is 0 Å². The van der Waals surface area contributed by atoms with Crippen LogP contribution in [0.3, 0.4) is 0 Å². The Morgan fingerprint density at radius 1 is 0.829 bits per heavy atom. The summed E-state index contributed by atoms with van der Waals surface area (Å²) in [6.07, 6.45) is 0. The third-order valence-electron chi connectivity index (χ3n) is 5.26. The number of anilines is 5. The second-order valence-corrected chi connectivity index (χ2v) is 8.96. The number of methoxy groups -OCH3 is 1. The van der Waals surface area contributed by atoms with Gasteiger partial charge in [0.2, 0.25) is 5.95 Å². The second-order valence-electron chi connectivity index (χ2n) is 7.88. The molecule has 5 aromatic rings. The van der Waals surface area contributed by atoms with Crippen molar-refractivity contribution in [3.63, 3.8) is 0 Å². The highest BCUT2D eigenvalue weighted by molar-refractivity contribution is 7.20. The fourth-order valence-corrected chi connectivity index (χ4v) is 4.52. The number of carbonyl (C=O) groups excluding carboxylic acids is 1. The number of nitrogens with one attached hydrogen (secondary N) is 3. The zero-order valence-electron chi connectivity index (χ0n) is 19.2. The molecule has 0 spiro atoms. The van der Waals surface area contributed by atoms with Gasteiger partial charge < -0.3 is 20.7 Å². The Labute approximate surface area is 206 Å². The van der Waals surface area contributed by atoms with Gasteiger partial charge in [0.15, 0.2) is 0 Å². The molecule has 0 aliphatic rings. The fourth-order valence-electron chi connectivity index (χ4n) is 3.56. The van der Waals surface area contributed by atoms with E-state index in [4.69, 9.17) is 4.74 Å². The number of aryl methyl sites for hydroxylation is 1. The molecule has 3 N–H and O–H groups in total. The highest BCUT2D eigenvalue weighted by atomic mass is 32.1. The van der Waals surface area contributed by atoms with Crippen molar-refractivity contribution in [3.8, 4) is 5.75 Å². The first-order valence-electron chi connectivity index (χ1n) is 11.0. The standard InChI is InChI=1S/C27H23N5O2S/c1-17-15-25(29-19-11-13-22(34-2)14-12-19)32-27(28-17)31-21-9-7-20(8-10-21)30-26(33)24-16-18-5-3-4-6-23(18)35-24/h3-16H,1-2H3,(H,30,33)(H2,28,29,31,32). The van der Waals surface area contributed by atoms with Crippen molar-refractivity contribution in [3.05, 3.63) is 95.5 Å². The molecule has 8 heteroatoms. The van der Waals surface area contributed by atoms with Gasteiger partial charge in [-0.1, -0.05) is 18.2 Å². The summed E-state index contributed by atoms with van der Waals surface area (Å²) in [6, 6.07) is 26.8. The zero-order valence-corrected chi connectivity index (χ0v) is 20.0. The van der Waals surface area contributed by atoms with Crippen LogP contribution >= 0.6 is 11.3 Å². The molecule has 0 radical (unpaired) electrons. The SMILES string of the molecule is COc1ccc(Nc2cc(C)nc(Nc3ccc(NC(=O)c4cc5ccccc5s4)cc3)n2)cc1. The minimum atomic E-state index is -0.122. The Kier molecular flexibility index (Phi) is 6.28. The first-order chi connectivity index (χ1) is 17.1. The number of carbonyl (C=O) groups is 1. The number of aromatic nitrogens is 2. The lowest BCUT2D eigenvalue weighted by molar-refractivity contribution is 0.103. The Balaban J connectivity index is 1.25. The highest BCUT2D eigenvalue weighted by Gasteiger charge is 2.11. The van der Waals surface area contributed by atoms with E-state index in [2.05, 4.69) is 25.9 Å². The Morgan fingerprint density at radius 3 is 2.26 bits per heavy atom. The maximum Gasteiger partial charge on any atom is 0.265 e. The van der Waals surface area contributed by atoms with Crippen molar-refractivity contribution in [2.24, 2.45) is 0 Å². The van der Waals surface area contributed by atoms with E-state index >= 15 is 0 Å². The van der Waals surface area contributed by atoms with E-state index in [1.165, 1.54) is 11.3 Å². The van der Waals surface area contributed by atoms with E-state index in [1.54, 1.807) is 7.11 Å². The van der Waals surface area contributed by atoms with Crippen LogP contribution in [0, 0.1) is 6.92 Å². The van der Waals surface area contributed by atoms with Crippen LogP contribution in [0.5, 0.6) is 5.75 Å². The van der Waals surface area contributed by atoms with Crippen LogP contribution < -0.4 is 20.7 Å². The largest absolute Gasteiger partial charge is 0.497 e. The summed E-state index contributed by atoms with van der Waals surface area (Å²) < 4.78 is 6.30. The lowest BCUT2D eigenvalue weighted by atomic mass is 10.2. The van der Waals surface area contributed by atoms with Crippen LogP contribution in [0.4, 0.5) is 28.8 Å². The van der Waals surface area contributed by atoms with Gasteiger partial charge in [0, 0.05) is 33.5 Å². The number of hydrogen-bond donors (Lipinski definition) is 3. The Morgan fingerprint density at radius 2 is 1.51 bits per heavy atom. The van der Waals surface area contributed by atoms with Crippen LogP contribution in [0.2, 0.25) is 0 Å². The normalized spacial score (nSPS) is 10.7. The smallest absolute Gasteiger partial charge is 0.265 e. The number of rotatable bonds is 7. The molecule has 0 unspecified atom stereocenters. The van der Waals surface area contributed by atoms with Gasteiger partial charge >= 0.3 is 0 Å². The summed E-state index contributed by atoms with van der Waals surface area (Å²) >= 11 is 1.48. The zero-order chi connectivity index (χ0) is 24.2. The van der Waals surface area contributed by atoms with Gasteiger partial charge in [-0.15, -0.1) is 11.3 Å². The molecule has 0 bridgehead atoms. The molecule has 35 heavy (non-hydrogen) atoms. The number of amides is 1. The molecule has 5 rings (SSSR count). The van der Waals surface area contributed by atoms with Gasteiger partial charge in [-0.2, -0.15) is 4.98 Å². The molecule has 0 saturated carbocycles. The number of nitrogens with zero attached hydrogens (tertiary/aromatic N) is 2. The Bertz CT molecular complexity index is 1450. The average Bonchev–Trinajstić information content (AvgIpc) is 3.30. The third kappa shape index (κ3) is 5.39. The van der Waals surface area contributed by atoms with E-state index in [-0.39, 0.29) is 5.91 Å². The number of hydrogen-bond acceptors (Lipinski definition) is 7. The molecule has 7 nitrogen and oxygen atoms in total. The van der Waals surface area contributed by atoms with E-state index in [1.807, 2.05) is 91.9 Å². The molecular weight excluding hydrogens is 458 g/mol. The lowest BCUT2D eigenvalue weighted by Crippen LogP contribution is -2.10. The van der Waals surface area contributed by atoms with E-state index in [0.717, 1.165) is 32.9 Å². The van der Waals surface area contributed by atoms with Gasteiger partial charge in [-0.05, 0) is 73.0 Å². The molecule has 1 amide bonds. The summed E-state index contributed by atoms with van der Waals surface area (Å²) in [4.78, 5) is 22.4. The number of benzene rings is 3. The molecule has 2 aromatic heterocycles. The Hall–Kier alpha value is -4.43. The minimum Gasteiger partial charge on any atom is -0.497 e. The molecule has 2 heterocycles. The van der Waals surface area contributed by atoms with Gasteiger partial charge in [-0.25, -0.2) is 4.98 Å². The molecule has 0 fully saturated rings. The summed E-state index contributed by atoms with van der Waals surface area (Å²) in [7, 11) is 1.64. The van der Waals surface area contributed by atoms with Gasteiger partial charge in [0.1, 0.15) is 11.6 Å². The topological polar surface area (TPSA) is 88.2 Å². The molecule has 0 aliphatic carbocycles. The predicted octanol–water partition coefficient (Wildman–Crippen LogP) is 6.75. The summed E-state index contributed by atoms with van der Waals surface area (Å²) in [5, 5.41) is 10.5. The van der Waals surface area contributed by atoms with E-state index in [0.29, 0.717) is 22.3 Å². The van der Waals surface area contributed by atoms with Crippen LogP contribution in [0.1, 0.15) is 15.4 Å². The molecule has 174 valence electrons. The van der Waals surface area contributed by atoms with Crippen LogP contribution in [0.25, 0.3) is 10.1 Å². The minimum absolute atomic E-state index is 0.122. The van der Waals surface area contributed by atoms with Crippen LogP contribution in [-0.2, 0) is 0 Å². The van der Waals surface area contributed by atoms with E-state index in [9.17, 15) is 4.79 Å². The van der Waals surface area contributed by atoms with Crippen LogP contribution in [-0.4, -0.2) is 23.0 Å². The summed E-state index contributed by atoms with van der Waals surface area (Å²) in [5.41, 5.74) is 3.25. The predicted molar refractivity (Wildman–Crippen MR) is 143 cm³/mol. The monoisotopic (exact) mass is 481 g/mol. The maximum absolute atomic E-state index is 12.7. The summed E-state index contributed by atoms with van der Waals surface area (Å²) in [5.74, 6) is 1.82. The van der Waals surface area contributed by atoms with Crippen molar-refractivity contribution in [2.45, 2.75) is 6.92 Å². The molecular formula is C27H23N5O2S. The molecule has 3 aromatic carbocycles. The quantitative estimate of drug-likeness (QED) is 0.238. The van der Waals surface area contributed by atoms with Gasteiger partial charge in [-0.3, -0.25) is 4.79 Å². The van der Waals surface area contributed by atoms with Gasteiger partial charge in [0.25, 0.3) is 5.91 Å². The highest BCUT2D eigenvalue weighted by Crippen LogP contribution is 2.27. The maximum atomic E-state index is 12.7. The average molecular weight is 482 g/mol. The first-order valence-corrected chi connectivity index (χ1v) is 11.8. The van der Waals surface area contributed by atoms with Gasteiger partial charge in [0.05, 0.1) is 12.0 Å². The third-order valence-corrected chi connectivity index (χ3v) is 6.38. The number of ether oxygens (including phenoxy) is 1. The number of fused-ring (bicyclic) bond motifs is 1. The second kappa shape index (κ2) is 9.82. The van der Waals surface area contributed by atoms with Crippen molar-refractivity contribution >= 4 is 56.2 Å². The molecule has 0 atom stereocenters. The lowest BCUT2D eigenvalue weighted by Gasteiger charge is -2.11. The fraction of sp³-hybridized carbons (Fsp3) is 0.0741. The van der Waals surface area contributed by atoms with Crippen molar-refractivity contribution < 1.29 is 9.53 Å². The van der Waals surface area contributed by atoms with Crippen molar-refractivity contribution in [2.75, 3.05) is 23.1 Å². The van der Waals surface area contributed by atoms with Crippen molar-refractivity contribution in [1.29, 1.82) is 0 Å². The number of thiophene rings is 1.